The summed E-state index contributed by atoms with van der Waals surface area (Å²) in [6.45, 7) is 8.00. The maximum absolute atomic E-state index is 4.65. The van der Waals surface area contributed by atoms with Crippen molar-refractivity contribution in [1.29, 1.82) is 0 Å². The van der Waals surface area contributed by atoms with Gasteiger partial charge in [-0.05, 0) is 0 Å². The molecule has 0 saturated carbocycles. The number of nitrogens with zero attached hydrogens (tertiary/aromatic N) is 1. The minimum atomic E-state index is 0.514. The number of hydrogen-bond acceptors (Lipinski definition) is 3. The second kappa shape index (κ2) is 11.8. The molecule has 11 heavy (non-hydrogen) atoms. The fourth-order valence-corrected chi connectivity index (χ4v) is 0.302. The van der Waals surface area contributed by atoms with Crippen LogP contribution < -0.4 is 4.74 Å². The molecule has 0 aliphatic carbocycles. The van der Waals surface area contributed by atoms with Crippen LogP contribution in [0.15, 0.2) is 17.1 Å². The number of methoxy groups -OCH3 is 1. The summed E-state index contributed by atoms with van der Waals surface area (Å²) in [6, 6.07) is 0. The predicted octanol–water partition coefficient (Wildman–Crippen LogP) is 2.74. The van der Waals surface area contributed by atoms with Crippen LogP contribution in [0.2, 0.25) is 0 Å². The maximum Gasteiger partial charge on any atom is 0.252 e. The van der Waals surface area contributed by atoms with Crippen LogP contribution in [-0.4, -0.2) is 12.1 Å². The van der Waals surface area contributed by atoms with Gasteiger partial charge < -0.3 is 9.15 Å². The van der Waals surface area contributed by atoms with Crippen molar-refractivity contribution < 1.29 is 9.15 Å². The summed E-state index contributed by atoms with van der Waals surface area (Å²) in [5.41, 5.74) is 0. The maximum atomic E-state index is 4.65. The van der Waals surface area contributed by atoms with Gasteiger partial charge in [0.15, 0.2) is 12.7 Å². The first kappa shape index (κ1) is 12.7. The lowest BCUT2D eigenvalue weighted by Crippen LogP contribution is -1.78. The number of aromatic nitrogens is 1. The van der Waals surface area contributed by atoms with E-state index in [-0.39, 0.29) is 0 Å². The van der Waals surface area contributed by atoms with Crippen LogP contribution in [0.3, 0.4) is 0 Å². The molecule has 0 aromatic carbocycles. The van der Waals surface area contributed by atoms with Gasteiger partial charge in [-0.15, -0.1) is 0 Å². The molecule has 1 rings (SSSR count). The molecule has 1 heterocycles. The summed E-state index contributed by atoms with van der Waals surface area (Å²) in [6.07, 6.45) is 2.75. The Hall–Kier alpha value is -0.990. The minimum absolute atomic E-state index is 0.514. The van der Waals surface area contributed by atoms with E-state index < -0.39 is 0 Å². The highest BCUT2D eigenvalue weighted by molar-refractivity contribution is 4.96. The molecule has 0 atom stereocenters. The Labute approximate surface area is 68.4 Å². The Bertz CT molecular complexity index is 127. The van der Waals surface area contributed by atoms with Crippen LogP contribution in [0.5, 0.6) is 5.88 Å². The average molecular weight is 159 g/mol. The summed E-state index contributed by atoms with van der Waals surface area (Å²) < 4.78 is 9.22. The van der Waals surface area contributed by atoms with Gasteiger partial charge in [0.05, 0.1) is 7.11 Å². The van der Waals surface area contributed by atoms with Crippen LogP contribution >= 0.6 is 0 Å². The molecule has 0 saturated heterocycles. The summed E-state index contributed by atoms with van der Waals surface area (Å²) in [5.74, 6) is 0.514. The molecule has 0 aliphatic rings. The molecule has 1 aromatic rings. The third-order valence-electron chi connectivity index (χ3n) is 0.619. The Morgan fingerprint density at radius 2 is 1.82 bits per heavy atom. The van der Waals surface area contributed by atoms with Crippen LogP contribution in [0, 0.1) is 0 Å². The van der Waals surface area contributed by atoms with Crippen molar-refractivity contribution in [1.82, 2.24) is 4.98 Å². The molecule has 0 unspecified atom stereocenters. The van der Waals surface area contributed by atoms with Gasteiger partial charge in [-0.1, -0.05) is 27.7 Å². The number of oxazole rings is 1. The van der Waals surface area contributed by atoms with E-state index in [1.54, 1.807) is 0 Å². The lowest BCUT2D eigenvalue weighted by Gasteiger charge is -1.83. The number of ether oxygens (including phenoxy) is 1. The Balaban J connectivity index is 0. The zero-order valence-electron chi connectivity index (χ0n) is 7.92. The molecule has 0 aliphatic heterocycles. The smallest absolute Gasteiger partial charge is 0.252 e. The molecule has 0 spiro atoms. The van der Waals surface area contributed by atoms with E-state index in [1.807, 2.05) is 27.7 Å². The molecular weight excluding hydrogens is 142 g/mol. The van der Waals surface area contributed by atoms with E-state index in [0.717, 1.165) is 0 Å². The van der Waals surface area contributed by atoms with Crippen molar-refractivity contribution in [3.63, 3.8) is 0 Å². The zero-order valence-corrected chi connectivity index (χ0v) is 7.92. The van der Waals surface area contributed by atoms with Gasteiger partial charge in [0, 0.05) is 0 Å². The molecule has 3 heteroatoms. The van der Waals surface area contributed by atoms with Crippen molar-refractivity contribution in [3.05, 3.63) is 12.7 Å². The van der Waals surface area contributed by atoms with Gasteiger partial charge in [-0.25, -0.2) is 0 Å². The lowest BCUT2D eigenvalue weighted by molar-refractivity contribution is 0.395. The average Bonchev–Trinajstić information content (AvgIpc) is 2.63. The predicted molar refractivity (Wildman–Crippen MR) is 45.8 cm³/mol. The fraction of sp³-hybridized carbons (Fsp3) is 0.625. The van der Waals surface area contributed by atoms with E-state index in [9.17, 15) is 0 Å². The summed E-state index contributed by atoms with van der Waals surface area (Å²) in [5, 5.41) is 0. The summed E-state index contributed by atoms with van der Waals surface area (Å²) in [7, 11) is 1.54. The Kier molecular flexibility index (Phi) is 13.5. The van der Waals surface area contributed by atoms with Gasteiger partial charge in [0.2, 0.25) is 0 Å². The first-order chi connectivity index (χ1) is 5.43. The Morgan fingerprint density at radius 3 is 2.00 bits per heavy atom. The van der Waals surface area contributed by atoms with Crippen molar-refractivity contribution >= 4 is 0 Å². The second-order valence-corrected chi connectivity index (χ2v) is 1.03. The normalized spacial score (nSPS) is 6.64. The molecule has 3 nitrogen and oxygen atoms in total. The topological polar surface area (TPSA) is 35.3 Å². The van der Waals surface area contributed by atoms with E-state index in [0.29, 0.717) is 5.88 Å². The van der Waals surface area contributed by atoms with Crippen LogP contribution in [0.25, 0.3) is 0 Å². The molecule has 0 bridgehead atoms. The largest absolute Gasteiger partial charge is 0.479 e. The first-order valence-electron chi connectivity index (χ1n) is 3.85. The van der Waals surface area contributed by atoms with E-state index in [1.165, 1.54) is 19.8 Å². The molecule has 1 aromatic heterocycles. The van der Waals surface area contributed by atoms with Gasteiger partial charge in [0.25, 0.3) is 5.88 Å². The van der Waals surface area contributed by atoms with E-state index in [4.69, 9.17) is 0 Å². The standard InChI is InChI=1S/C4H5NO2.2C2H6/c1-6-4-2-7-3-5-4;2*1-2/h2-3H,1H3;2*1-2H3. The second-order valence-electron chi connectivity index (χ2n) is 1.03. The third kappa shape index (κ3) is 6.90. The van der Waals surface area contributed by atoms with Crippen molar-refractivity contribution in [2.75, 3.05) is 7.11 Å². The summed E-state index contributed by atoms with van der Waals surface area (Å²) in [4.78, 5) is 3.65. The van der Waals surface area contributed by atoms with Crippen LogP contribution in [0.4, 0.5) is 0 Å². The van der Waals surface area contributed by atoms with E-state index in [2.05, 4.69) is 14.1 Å². The number of rotatable bonds is 1. The molecular formula is C8H17NO2. The molecule has 0 amide bonds. The zero-order chi connectivity index (χ0) is 9.11. The van der Waals surface area contributed by atoms with Crippen LogP contribution in [0.1, 0.15) is 27.7 Å². The van der Waals surface area contributed by atoms with Crippen LogP contribution in [-0.2, 0) is 0 Å². The highest BCUT2D eigenvalue weighted by atomic mass is 16.5. The van der Waals surface area contributed by atoms with Crippen molar-refractivity contribution in [3.8, 4) is 5.88 Å². The monoisotopic (exact) mass is 159 g/mol. The molecule has 0 fully saturated rings. The quantitative estimate of drug-likeness (QED) is 0.632. The first-order valence-corrected chi connectivity index (χ1v) is 3.85. The van der Waals surface area contributed by atoms with Gasteiger partial charge in [-0.3, -0.25) is 0 Å². The highest BCUT2D eigenvalue weighted by Gasteiger charge is 1.86. The SMILES string of the molecule is CC.CC.COc1cocn1. The van der Waals surface area contributed by atoms with Gasteiger partial charge in [0.1, 0.15) is 0 Å². The highest BCUT2D eigenvalue weighted by Crippen LogP contribution is 2.00. The fourth-order valence-electron chi connectivity index (χ4n) is 0.302. The van der Waals surface area contributed by atoms with E-state index >= 15 is 0 Å². The lowest BCUT2D eigenvalue weighted by atomic mass is 10.9. The van der Waals surface area contributed by atoms with Gasteiger partial charge in [-0.2, -0.15) is 4.98 Å². The van der Waals surface area contributed by atoms with Crippen molar-refractivity contribution in [2.24, 2.45) is 0 Å². The summed E-state index contributed by atoms with van der Waals surface area (Å²) >= 11 is 0. The minimum Gasteiger partial charge on any atom is -0.479 e. The van der Waals surface area contributed by atoms with Gasteiger partial charge >= 0.3 is 0 Å². The van der Waals surface area contributed by atoms with Crippen molar-refractivity contribution in [2.45, 2.75) is 27.7 Å². The molecule has 66 valence electrons. The third-order valence-corrected chi connectivity index (χ3v) is 0.619. The Morgan fingerprint density at radius 1 is 1.27 bits per heavy atom. The number of hydrogen-bond donors (Lipinski definition) is 0. The molecule has 0 N–H and O–H groups in total. The molecule has 0 radical (unpaired) electrons.